The van der Waals surface area contributed by atoms with Crippen LogP contribution < -0.4 is 10.6 Å². The molecule has 3 rings (SSSR count). The number of rotatable bonds is 5. The van der Waals surface area contributed by atoms with Crippen LogP contribution in [0.3, 0.4) is 0 Å². The van der Waals surface area contributed by atoms with Crippen LogP contribution in [0.1, 0.15) is 63.9 Å². The fraction of sp³-hybridized carbons (Fsp3) is 0.591. The largest absolute Gasteiger partial charge is 0.397 e. The van der Waals surface area contributed by atoms with Crippen molar-refractivity contribution < 1.29 is 8.78 Å². The molecule has 2 aliphatic rings. The molecule has 0 atom stereocenters. The molecule has 0 bridgehead atoms. The summed E-state index contributed by atoms with van der Waals surface area (Å²) >= 11 is 0. The van der Waals surface area contributed by atoms with Gasteiger partial charge in [0.1, 0.15) is 0 Å². The molecular weight excluding hydrogens is 344 g/mol. The second-order valence-electron chi connectivity index (χ2n) is 8.30. The van der Waals surface area contributed by atoms with Crippen molar-refractivity contribution in [3.63, 3.8) is 0 Å². The van der Waals surface area contributed by atoms with Gasteiger partial charge in [0.2, 0.25) is 5.92 Å². The van der Waals surface area contributed by atoms with Gasteiger partial charge in [-0.1, -0.05) is 12.2 Å². The van der Waals surface area contributed by atoms with Gasteiger partial charge in [-0.15, -0.1) is 0 Å². The summed E-state index contributed by atoms with van der Waals surface area (Å²) in [4.78, 5) is 6.08. The maximum absolute atomic E-state index is 13.6. The van der Waals surface area contributed by atoms with Crippen molar-refractivity contribution in [1.29, 1.82) is 0 Å². The normalized spacial score (nSPS) is 21.6. The molecule has 0 aromatic heterocycles. The summed E-state index contributed by atoms with van der Waals surface area (Å²) in [6, 6.07) is 5.96. The number of hydrogen-bond donors (Lipinski definition) is 1. The van der Waals surface area contributed by atoms with Gasteiger partial charge in [-0.05, 0) is 50.8 Å². The van der Waals surface area contributed by atoms with E-state index < -0.39 is 11.5 Å². The van der Waals surface area contributed by atoms with Crippen molar-refractivity contribution in [3.8, 4) is 0 Å². The van der Waals surface area contributed by atoms with Gasteiger partial charge in [0, 0.05) is 43.8 Å². The van der Waals surface area contributed by atoms with Gasteiger partial charge in [0.15, 0.2) is 0 Å². The van der Waals surface area contributed by atoms with Crippen LogP contribution in [-0.4, -0.2) is 18.5 Å². The van der Waals surface area contributed by atoms with Gasteiger partial charge in [0.05, 0.1) is 11.4 Å². The molecule has 2 aliphatic carbocycles. The minimum Gasteiger partial charge on any atom is -0.397 e. The standard InChI is InChI=1S/C22H29F2N3/c1-16(2)15-27(18-8-12-22(23,24)13-9-18)20-7-6-17(14-19(20)25)21(26-3)10-4-5-11-21/h6-7,14,18H,1,4-5,8-13,15,25H2,2H3. The molecule has 0 unspecified atom stereocenters. The highest BCUT2D eigenvalue weighted by molar-refractivity contribution is 5.70. The minimum atomic E-state index is -2.55. The van der Waals surface area contributed by atoms with Gasteiger partial charge in [-0.25, -0.2) is 15.4 Å². The van der Waals surface area contributed by atoms with E-state index in [4.69, 9.17) is 12.3 Å². The highest BCUT2D eigenvalue weighted by Gasteiger charge is 2.42. The summed E-state index contributed by atoms with van der Waals surface area (Å²) in [6.07, 6.45) is 4.64. The maximum Gasteiger partial charge on any atom is 0.257 e. The van der Waals surface area contributed by atoms with Crippen molar-refractivity contribution in [2.45, 2.75) is 75.8 Å². The zero-order valence-electron chi connectivity index (χ0n) is 16.1. The number of nitrogens with two attached hydrogens (primary N) is 1. The van der Waals surface area contributed by atoms with Crippen LogP contribution in [0.25, 0.3) is 4.85 Å². The van der Waals surface area contributed by atoms with E-state index in [1.54, 1.807) is 0 Å². The van der Waals surface area contributed by atoms with Crippen molar-refractivity contribution in [3.05, 3.63) is 47.3 Å². The Morgan fingerprint density at radius 1 is 1.26 bits per heavy atom. The molecule has 0 radical (unpaired) electrons. The van der Waals surface area contributed by atoms with Gasteiger partial charge >= 0.3 is 0 Å². The Morgan fingerprint density at radius 3 is 2.41 bits per heavy atom. The van der Waals surface area contributed by atoms with Crippen molar-refractivity contribution in [2.24, 2.45) is 0 Å². The fourth-order valence-electron chi connectivity index (χ4n) is 4.57. The Balaban J connectivity index is 1.89. The summed E-state index contributed by atoms with van der Waals surface area (Å²) in [7, 11) is 0. The third-order valence-electron chi connectivity index (χ3n) is 6.09. The number of benzene rings is 1. The maximum atomic E-state index is 13.6. The molecule has 2 fully saturated rings. The van der Waals surface area contributed by atoms with E-state index in [0.29, 0.717) is 25.1 Å². The van der Waals surface area contributed by atoms with E-state index in [1.165, 1.54) is 0 Å². The average Bonchev–Trinajstić information content (AvgIpc) is 3.10. The van der Waals surface area contributed by atoms with Crippen LogP contribution in [0.4, 0.5) is 20.2 Å². The van der Waals surface area contributed by atoms with Gasteiger partial charge in [-0.2, -0.15) is 0 Å². The second kappa shape index (κ2) is 7.50. The zero-order chi connectivity index (χ0) is 19.7. The van der Waals surface area contributed by atoms with E-state index in [2.05, 4.69) is 16.3 Å². The van der Waals surface area contributed by atoms with Crippen LogP contribution >= 0.6 is 0 Å². The first-order chi connectivity index (χ1) is 12.8. The number of hydrogen-bond acceptors (Lipinski definition) is 2. The highest BCUT2D eigenvalue weighted by atomic mass is 19.3. The topological polar surface area (TPSA) is 33.6 Å². The molecule has 1 aromatic carbocycles. The monoisotopic (exact) mass is 373 g/mol. The minimum absolute atomic E-state index is 0.0378. The van der Waals surface area contributed by atoms with Crippen LogP contribution in [0.15, 0.2) is 30.4 Å². The van der Waals surface area contributed by atoms with E-state index in [-0.39, 0.29) is 18.9 Å². The van der Waals surface area contributed by atoms with Crippen LogP contribution in [-0.2, 0) is 5.54 Å². The smallest absolute Gasteiger partial charge is 0.257 e. The van der Waals surface area contributed by atoms with Crippen molar-refractivity contribution >= 4 is 11.4 Å². The molecule has 5 heteroatoms. The quantitative estimate of drug-likeness (QED) is 0.395. The molecule has 0 spiro atoms. The first kappa shape index (κ1) is 19.7. The molecule has 0 saturated heterocycles. The van der Waals surface area contributed by atoms with Crippen LogP contribution in [0.5, 0.6) is 0 Å². The number of halogens is 2. The first-order valence-corrected chi connectivity index (χ1v) is 9.84. The lowest BCUT2D eigenvalue weighted by atomic mass is 9.87. The number of nitrogens with zero attached hydrogens (tertiary/aromatic N) is 2. The molecular formula is C22H29F2N3. The molecule has 2 N–H and O–H groups in total. The second-order valence-corrected chi connectivity index (χ2v) is 8.30. The fourth-order valence-corrected chi connectivity index (χ4v) is 4.57. The van der Waals surface area contributed by atoms with E-state index in [0.717, 1.165) is 42.5 Å². The third-order valence-corrected chi connectivity index (χ3v) is 6.09. The number of alkyl halides is 2. The Labute approximate surface area is 161 Å². The Kier molecular flexibility index (Phi) is 5.46. The first-order valence-electron chi connectivity index (χ1n) is 9.84. The lowest BCUT2D eigenvalue weighted by Gasteiger charge is -2.39. The van der Waals surface area contributed by atoms with E-state index in [1.807, 2.05) is 25.1 Å². The van der Waals surface area contributed by atoms with Crippen LogP contribution in [0, 0.1) is 6.57 Å². The molecule has 146 valence electrons. The summed E-state index contributed by atoms with van der Waals surface area (Å²) in [5, 5.41) is 0. The molecule has 2 saturated carbocycles. The summed E-state index contributed by atoms with van der Waals surface area (Å²) in [5.74, 6) is -2.55. The lowest BCUT2D eigenvalue weighted by Crippen LogP contribution is -2.42. The van der Waals surface area contributed by atoms with Gasteiger partial charge in [0.25, 0.3) is 5.54 Å². The molecule has 1 aromatic rings. The summed E-state index contributed by atoms with van der Waals surface area (Å²) in [5.41, 5.74) is 9.43. The summed E-state index contributed by atoms with van der Waals surface area (Å²) < 4.78 is 27.2. The Morgan fingerprint density at radius 2 is 1.89 bits per heavy atom. The molecule has 0 heterocycles. The molecule has 0 aliphatic heterocycles. The van der Waals surface area contributed by atoms with E-state index in [9.17, 15) is 8.78 Å². The van der Waals surface area contributed by atoms with Gasteiger partial charge in [-0.3, -0.25) is 0 Å². The third kappa shape index (κ3) is 4.10. The predicted octanol–water partition coefficient (Wildman–Crippen LogP) is 5.92. The number of anilines is 2. The number of nitrogen functional groups attached to an aromatic ring is 1. The predicted molar refractivity (Wildman–Crippen MR) is 107 cm³/mol. The average molecular weight is 373 g/mol. The van der Waals surface area contributed by atoms with Crippen LogP contribution in [0.2, 0.25) is 0 Å². The van der Waals surface area contributed by atoms with E-state index >= 15 is 0 Å². The highest BCUT2D eigenvalue weighted by Crippen LogP contribution is 2.45. The van der Waals surface area contributed by atoms with Gasteiger partial charge < -0.3 is 15.5 Å². The van der Waals surface area contributed by atoms with Crippen molar-refractivity contribution in [2.75, 3.05) is 17.2 Å². The molecule has 3 nitrogen and oxygen atoms in total. The molecule has 0 amide bonds. The zero-order valence-corrected chi connectivity index (χ0v) is 16.1. The Hall–Kier alpha value is -2.09. The SMILES string of the molecule is [C-]#[N+]C1(c2ccc(N(CC(=C)C)C3CCC(F)(F)CC3)c(N)c2)CCCC1. The molecule has 27 heavy (non-hydrogen) atoms. The summed E-state index contributed by atoms with van der Waals surface area (Å²) in [6.45, 7) is 14.2. The lowest BCUT2D eigenvalue weighted by molar-refractivity contribution is -0.0379. The van der Waals surface area contributed by atoms with Crippen molar-refractivity contribution in [1.82, 2.24) is 0 Å². The Bertz CT molecular complexity index is 734.